The summed E-state index contributed by atoms with van der Waals surface area (Å²) in [5.74, 6) is -0.117. The van der Waals surface area contributed by atoms with Gasteiger partial charge in [-0.05, 0) is 25.5 Å². The molecule has 0 saturated heterocycles. The Hall–Kier alpha value is -1.81. The van der Waals surface area contributed by atoms with E-state index in [2.05, 4.69) is 4.98 Å². The molecule has 0 radical (unpaired) electrons. The van der Waals surface area contributed by atoms with Crippen molar-refractivity contribution in [2.24, 2.45) is 0 Å². The molecule has 18 heavy (non-hydrogen) atoms. The fraction of sp³-hybridized carbons (Fsp3) is 0.231. The van der Waals surface area contributed by atoms with Crippen LogP contribution < -0.4 is 0 Å². The van der Waals surface area contributed by atoms with Gasteiger partial charge in [-0.2, -0.15) is 0 Å². The molecule has 0 atom stereocenters. The second-order valence-corrected chi connectivity index (χ2v) is 4.07. The van der Waals surface area contributed by atoms with Crippen molar-refractivity contribution in [3.63, 3.8) is 0 Å². The van der Waals surface area contributed by atoms with Crippen LogP contribution in [-0.2, 0) is 4.74 Å². The molecule has 0 N–H and O–H groups in total. The van der Waals surface area contributed by atoms with Crippen LogP contribution in [0.1, 0.15) is 23.0 Å². The zero-order valence-electron chi connectivity index (χ0n) is 10.1. The highest BCUT2D eigenvalue weighted by atomic mass is 35.5. The zero-order valence-corrected chi connectivity index (χ0v) is 10.8. The van der Waals surface area contributed by atoms with Crippen LogP contribution in [0.25, 0.3) is 11.3 Å². The molecular weight excluding hydrogens is 254 g/mol. The molecule has 0 unspecified atom stereocenters. The average molecular weight is 266 g/mol. The van der Waals surface area contributed by atoms with Crippen LogP contribution >= 0.6 is 11.6 Å². The van der Waals surface area contributed by atoms with Gasteiger partial charge in [0.15, 0.2) is 17.8 Å². The van der Waals surface area contributed by atoms with Crippen LogP contribution in [0.4, 0.5) is 0 Å². The van der Waals surface area contributed by atoms with Crippen LogP contribution in [0, 0.1) is 6.92 Å². The van der Waals surface area contributed by atoms with Crippen molar-refractivity contribution in [2.45, 2.75) is 13.8 Å². The third kappa shape index (κ3) is 2.24. The number of oxazole rings is 1. The Morgan fingerprint density at radius 3 is 3.00 bits per heavy atom. The quantitative estimate of drug-likeness (QED) is 0.797. The predicted molar refractivity (Wildman–Crippen MR) is 67.6 cm³/mol. The molecule has 2 aromatic rings. The van der Waals surface area contributed by atoms with E-state index in [9.17, 15) is 4.79 Å². The molecule has 0 amide bonds. The Morgan fingerprint density at radius 2 is 2.28 bits per heavy atom. The van der Waals surface area contributed by atoms with E-state index in [0.717, 1.165) is 11.1 Å². The van der Waals surface area contributed by atoms with Crippen molar-refractivity contribution >= 4 is 17.6 Å². The van der Waals surface area contributed by atoms with E-state index in [-0.39, 0.29) is 5.69 Å². The summed E-state index contributed by atoms with van der Waals surface area (Å²) in [5, 5.41) is 0.610. The number of hydrogen-bond donors (Lipinski definition) is 0. The van der Waals surface area contributed by atoms with Gasteiger partial charge in [0.1, 0.15) is 0 Å². The molecule has 1 aromatic carbocycles. The minimum absolute atomic E-state index is 0.169. The Bertz CT molecular complexity index is 577. The third-order valence-electron chi connectivity index (χ3n) is 2.55. The number of carbonyl (C=O) groups excluding carboxylic acids is 1. The summed E-state index contributed by atoms with van der Waals surface area (Å²) < 4.78 is 10.2. The Labute approximate surface area is 110 Å². The van der Waals surface area contributed by atoms with E-state index in [1.807, 2.05) is 13.0 Å². The molecule has 0 aliphatic rings. The highest BCUT2D eigenvalue weighted by Crippen LogP contribution is 2.30. The summed E-state index contributed by atoms with van der Waals surface area (Å²) in [6, 6.07) is 5.40. The second kappa shape index (κ2) is 5.23. The molecule has 0 spiro atoms. The van der Waals surface area contributed by atoms with Gasteiger partial charge in [0.05, 0.1) is 6.61 Å². The molecule has 2 rings (SSSR count). The molecule has 0 aliphatic carbocycles. The molecule has 0 saturated carbocycles. The van der Waals surface area contributed by atoms with E-state index >= 15 is 0 Å². The van der Waals surface area contributed by atoms with Gasteiger partial charge >= 0.3 is 5.97 Å². The normalized spacial score (nSPS) is 10.4. The lowest BCUT2D eigenvalue weighted by Crippen LogP contribution is -2.06. The Morgan fingerprint density at radius 1 is 1.50 bits per heavy atom. The second-order valence-electron chi connectivity index (χ2n) is 3.66. The van der Waals surface area contributed by atoms with Gasteiger partial charge < -0.3 is 9.15 Å². The van der Waals surface area contributed by atoms with Crippen molar-refractivity contribution in [3.05, 3.63) is 40.9 Å². The fourth-order valence-electron chi connectivity index (χ4n) is 1.64. The fourth-order valence-corrected chi connectivity index (χ4v) is 1.81. The minimum Gasteiger partial charge on any atom is -0.461 e. The maximum Gasteiger partial charge on any atom is 0.360 e. The first-order chi connectivity index (χ1) is 8.65. The number of carbonyl (C=O) groups is 1. The van der Waals surface area contributed by atoms with Gasteiger partial charge in [0, 0.05) is 10.6 Å². The Kier molecular flexibility index (Phi) is 3.67. The van der Waals surface area contributed by atoms with Crippen molar-refractivity contribution in [3.8, 4) is 11.3 Å². The summed E-state index contributed by atoms with van der Waals surface area (Å²) in [6.45, 7) is 3.89. The van der Waals surface area contributed by atoms with E-state index in [4.69, 9.17) is 20.8 Å². The summed E-state index contributed by atoms with van der Waals surface area (Å²) >= 11 is 6.05. The van der Waals surface area contributed by atoms with Gasteiger partial charge in [-0.25, -0.2) is 9.78 Å². The SMILES string of the molecule is CCOC(=O)c1ncoc1-c1cccc(Cl)c1C. The number of nitrogens with zero attached hydrogens (tertiary/aromatic N) is 1. The minimum atomic E-state index is -0.499. The topological polar surface area (TPSA) is 52.3 Å². The molecule has 94 valence electrons. The van der Waals surface area contributed by atoms with Crippen molar-refractivity contribution in [1.82, 2.24) is 4.98 Å². The molecule has 5 heteroatoms. The molecule has 1 heterocycles. The largest absolute Gasteiger partial charge is 0.461 e. The number of benzene rings is 1. The molecule has 0 aliphatic heterocycles. The molecule has 4 nitrogen and oxygen atoms in total. The smallest absolute Gasteiger partial charge is 0.360 e. The van der Waals surface area contributed by atoms with Crippen LogP contribution in [0.5, 0.6) is 0 Å². The zero-order chi connectivity index (χ0) is 13.1. The molecule has 0 fully saturated rings. The Balaban J connectivity index is 2.49. The van der Waals surface area contributed by atoms with Gasteiger partial charge in [-0.1, -0.05) is 23.7 Å². The standard InChI is InChI=1S/C13H12ClNO3/c1-3-17-13(16)11-12(18-7-15-11)9-5-4-6-10(14)8(9)2/h4-7H,3H2,1-2H3. The van der Waals surface area contributed by atoms with Gasteiger partial charge in [-0.15, -0.1) is 0 Å². The van der Waals surface area contributed by atoms with Gasteiger partial charge in [0.25, 0.3) is 0 Å². The first-order valence-electron chi connectivity index (χ1n) is 5.51. The van der Waals surface area contributed by atoms with Crippen molar-refractivity contribution < 1.29 is 13.9 Å². The van der Waals surface area contributed by atoms with E-state index in [0.29, 0.717) is 17.4 Å². The predicted octanol–water partition coefficient (Wildman–Crippen LogP) is 3.48. The number of esters is 1. The number of halogens is 1. The average Bonchev–Trinajstić information content (AvgIpc) is 2.82. The summed E-state index contributed by atoms with van der Waals surface area (Å²) in [5.41, 5.74) is 1.74. The number of hydrogen-bond acceptors (Lipinski definition) is 4. The first-order valence-corrected chi connectivity index (χ1v) is 5.89. The van der Waals surface area contributed by atoms with E-state index in [1.54, 1.807) is 19.1 Å². The van der Waals surface area contributed by atoms with E-state index in [1.165, 1.54) is 6.39 Å². The maximum atomic E-state index is 11.7. The van der Waals surface area contributed by atoms with Crippen LogP contribution in [0.2, 0.25) is 5.02 Å². The van der Waals surface area contributed by atoms with Crippen LogP contribution in [0.15, 0.2) is 29.0 Å². The highest BCUT2D eigenvalue weighted by molar-refractivity contribution is 6.31. The van der Waals surface area contributed by atoms with Crippen LogP contribution in [0.3, 0.4) is 0 Å². The van der Waals surface area contributed by atoms with Crippen LogP contribution in [-0.4, -0.2) is 17.6 Å². The molecule has 1 aromatic heterocycles. The lowest BCUT2D eigenvalue weighted by atomic mass is 10.1. The van der Waals surface area contributed by atoms with Crippen molar-refractivity contribution in [2.75, 3.05) is 6.61 Å². The maximum absolute atomic E-state index is 11.7. The van der Waals surface area contributed by atoms with Gasteiger partial charge in [-0.3, -0.25) is 0 Å². The third-order valence-corrected chi connectivity index (χ3v) is 2.96. The van der Waals surface area contributed by atoms with Gasteiger partial charge in [0.2, 0.25) is 0 Å². The van der Waals surface area contributed by atoms with Crippen molar-refractivity contribution in [1.29, 1.82) is 0 Å². The lowest BCUT2D eigenvalue weighted by Gasteiger charge is -2.06. The highest BCUT2D eigenvalue weighted by Gasteiger charge is 2.21. The summed E-state index contributed by atoms with van der Waals surface area (Å²) in [7, 11) is 0. The number of ether oxygens (including phenoxy) is 1. The summed E-state index contributed by atoms with van der Waals surface area (Å²) in [4.78, 5) is 15.6. The number of aromatic nitrogens is 1. The number of rotatable bonds is 3. The molecule has 0 bridgehead atoms. The monoisotopic (exact) mass is 265 g/mol. The first kappa shape index (κ1) is 12.6. The van der Waals surface area contributed by atoms with E-state index < -0.39 is 5.97 Å². The molecular formula is C13H12ClNO3. The summed E-state index contributed by atoms with van der Waals surface area (Å²) in [6.07, 6.45) is 1.22. The lowest BCUT2D eigenvalue weighted by molar-refractivity contribution is 0.0520.